The van der Waals surface area contributed by atoms with Gasteiger partial charge in [0, 0.05) is 12.2 Å². The van der Waals surface area contributed by atoms with Crippen molar-refractivity contribution >= 4 is 11.7 Å². The second-order valence-corrected chi connectivity index (χ2v) is 5.28. The van der Waals surface area contributed by atoms with E-state index in [0.717, 1.165) is 5.56 Å². The first-order chi connectivity index (χ1) is 11.5. The number of carbonyl (C=O) groups is 1. The van der Waals surface area contributed by atoms with Crippen molar-refractivity contribution < 1.29 is 18.7 Å². The largest absolute Gasteiger partial charge is 0.493 e. The number of nitrogens with one attached hydrogen (secondary N) is 2. The Morgan fingerprint density at radius 2 is 1.83 bits per heavy atom. The zero-order chi connectivity index (χ0) is 17.5. The van der Waals surface area contributed by atoms with Gasteiger partial charge in [-0.15, -0.1) is 0 Å². The number of anilines is 1. The third-order valence-electron chi connectivity index (χ3n) is 3.58. The van der Waals surface area contributed by atoms with Gasteiger partial charge >= 0.3 is 6.03 Å². The van der Waals surface area contributed by atoms with E-state index in [1.54, 1.807) is 33.3 Å². The Kier molecular flexibility index (Phi) is 6.01. The van der Waals surface area contributed by atoms with Gasteiger partial charge in [-0.2, -0.15) is 0 Å². The van der Waals surface area contributed by atoms with Gasteiger partial charge in [-0.1, -0.05) is 12.1 Å². The van der Waals surface area contributed by atoms with Crippen molar-refractivity contribution in [3.05, 3.63) is 53.3 Å². The summed E-state index contributed by atoms with van der Waals surface area (Å²) in [7, 11) is 3.16. The average molecular weight is 332 g/mol. The fraction of sp³-hybridized carbons (Fsp3) is 0.278. The molecule has 0 heterocycles. The molecular weight excluding hydrogens is 311 g/mol. The van der Waals surface area contributed by atoms with Crippen LogP contribution in [0.2, 0.25) is 0 Å². The SMILES string of the molecule is COc1ccc(CCNC(=O)Nc2ccc(C)c(F)c2)cc1OC. The molecule has 2 rings (SSSR count). The standard InChI is InChI=1S/C18H21FN2O3/c1-12-4-6-14(11-15(12)19)21-18(22)20-9-8-13-5-7-16(23-2)17(10-13)24-3/h4-7,10-11H,8-9H2,1-3H3,(H2,20,21,22). The van der Waals surface area contributed by atoms with E-state index in [4.69, 9.17) is 9.47 Å². The van der Waals surface area contributed by atoms with Crippen LogP contribution in [0.1, 0.15) is 11.1 Å². The van der Waals surface area contributed by atoms with Gasteiger partial charge in [0.15, 0.2) is 11.5 Å². The second kappa shape index (κ2) is 8.19. The molecule has 2 aromatic rings. The van der Waals surface area contributed by atoms with Crippen molar-refractivity contribution in [2.75, 3.05) is 26.1 Å². The number of hydrogen-bond acceptors (Lipinski definition) is 3. The number of rotatable bonds is 6. The molecule has 0 atom stereocenters. The molecule has 0 fully saturated rings. The maximum absolute atomic E-state index is 13.4. The minimum atomic E-state index is -0.376. The van der Waals surface area contributed by atoms with E-state index >= 15 is 0 Å². The molecule has 0 aliphatic heterocycles. The van der Waals surface area contributed by atoms with Gasteiger partial charge in [0.05, 0.1) is 14.2 Å². The van der Waals surface area contributed by atoms with Crippen LogP contribution in [0.25, 0.3) is 0 Å². The van der Waals surface area contributed by atoms with E-state index in [1.807, 2.05) is 18.2 Å². The van der Waals surface area contributed by atoms with Crippen LogP contribution in [0.5, 0.6) is 11.5 Å². The van der Waals surface area contributed by atoms with Crippen LogP contribution in [-0.4, -0.2) is 26.8 Å². The van der Waals surface area contributed by atoms with Gasteiger partial charge < -0.3 is 20.1 Å². The quantitative estimate of drug-likeness (QED) is 0.851. The average Bonchev–Trinajstić information content (AvgIpc) is 2.58. The Morgan fingerprint density at radius 3 is 2.50 bits per heavy atom. The van der Waals surface area contributed by atoms with Gasteiger partial charge in [-0.3, -0.25) is 0 Å². The molecule has 0 unspecified atom stereocenters. The Morgan fingerprint density at radius 1 is 1.08 bits per heavy atom. The van der Waals surface area contributed by atoms with Crippen molar-refractivity contribution in [1.29, 1.82) is 0 Å². The maximum Gasteiger partial charge on any atom is 0.319 e. The Bertz CT molecular complexity index is 719. The molecule has 0 aliphatic carbocycles. The normalized spacial score (nSPS) is 10.2. The molecule has 0 aromatic heterocycles. The smallest absolute Gasteiger partial charge is 0.319 e. The van der Waals surface area contributed by atoms with Crippen LogP contribution in [0.15, 0.2) is 36.4 Å². The summed E-state index contributed by atoms with van der Waals surface area (Å²) in [4.78, 5) is 11.8. The molecule has 0 saturated carbocycles. The zero-order valence-electron chi connectivity index (χ0n) is 14.0. The molecule has 2 N–H and O–H groups in total. The number of hydrogen-bond donors (Lipinski definition) is 2. The van der Waals surface area contributed by atoms with E-state index in [0.29, 0.717) is 35.7 Å². The molecule has 2 aromatic carbocycles. The topological polar surface area (TPSA) is 59.6 Å². The lowest BCUT2D eigenvalue weighted by Crippen LogP contribution is -2.30. The molecule has 0 saturated heterocycles. The molecule has 2 amide bonds. The summed E-state index contributed by atoms with van der Waals surface area (Å²) in [5.41, 5.74) is 1.96. The van der Waals surface area contributed by atoms with Crippen molar-refractivity contribution in [1.82, 2.24) is 5.32 Å². The first kappa shape index (κ1) is 17.6. The number of urea groups is 1. The highest BCUT2D eigenvalue weighted by Gasteiger charge is 2.06. The summed E-state index contributed by atoms with van der Waals surface area (Å²) in [5, 5.41) is 5.34. The van der Waals surface area contributed by atoms with Gasteiger partial charge in [0.2, 0.25) is 0 Å². The molecule has 6 heteroatoms. The maximum atomic E-state index is 13.4. The lowest BCUT2D eigenvalue weighted by molar-refractivity contribution is 0.252. The molecule has 128 valence electrons. The third kappa shape index (κ3) is 4.62. The van der Waals surface area contributed by atoms with Gasteiger partial charge in [-0.05, 0) is 48.7 Å². The van der Waals surface area contributed by atoms with Crippen molar-refractivity contribution in [3.63, 3.8) is 0 Å². The molecule has 24 heavy (non-hydrogen) atoms. The number of amides is 2. The second-order valence-electron chi connectivity index (χ2n) is 5.28. The number of halogens is 1. The predicted molar refractivity (Wildman–Crippen MR) is 91.4 cm³/mol. The lowest BCUT2D eigenvalue weighted by atomic mass is 10.1. The number of carbonyl (C=O) groups excluding carboxylic acids is 1. The van der Waals surface area contributed by atoms with Crippen molar-refractivity contribution in [2.45, 2.75) is 13.3 Å². The first-order valence-corrected chi connectivity index (χ1v) is 7.55. The summed E-state index contributed by atoms with van der Waals surface area (Å²) >= 11 is 0. The summed E-state index contributed by atoms with van der Waals surface area (Å²) in [6, 6.07) is 9.80. The molecular formula is C18H21FN2O3. The molecule has 0 bridgehead atoms. The van der Waals surface area contributed by atoms with E-state index in [9.17, 15) is 9.18 Å². The Labute approximate surface area is 140 Å². The molecule has 0 spiro atoms. The fourth-order valence-electron chi connectivity index (χ4n) is 2.20. The Hall–Kier alpha value is -2.76. The molecule has 5 nitrogen and oxygen atoms in total. The monoisotopic (exact) mass is 332 g/mol. The highest BCUT2D eigenvalue weighted by molar-refractivity contribution is 5.89. The van der Waals surface area contributed by atoms with Crippen LogP contribution < -0.4 is 20.1 Å². The fourth-order valence-corrected chi connectivity index (χ4v) is 2.20. The predicted octanol–water partition coefficient (Wildman–Crippen LogP) is 3.52. The minimum Gasteiger partial charge on any atom is -0.493 e. The van der Waals surface area contributed by atoms with Gasteiger partial charge in [-0.25, -0.2) is 9.18 Å². The van der Waals surface area contributed by atoms with Crippen LogP contribution in [0.3, 0.4) is 0 Å². The van der Waals surface area contributed by atoms with Crippen LogP contribution in [-0.2, 0) is 6.42 Å². The van der Waals surface area contributed by atoms with Gasteiger partial charge in [0.25, 0.3) is 0 Å². The first-order valence-electron chi connectivity index (χ1n) is 7.55. The summed E-state index contributed by atoms with van der Waals surface area (Å²) in [6.07, 6.45) is 0.635. The van der Waals surface area contributed by atoms with Crippen LogP contribution in [0.4, 0.5) is 14.9 Å². The van der Waals surface area contributed by atoms with E-state index in [-0.39, 0.29) is 11.8 Å². The van der Waals surface area contributed by atoms with Crippen LogP contribution >= 0.6 is 0 Å². The minimum absolute atomic E-state index is 0.349. The van der Waals surface area contributed by atoms with Crippen molar-refractivity contribution in [3.8, 4) is 11.5 Å². The van der Waals surface area contributed by atoms with E-state index in [2.05, 4.69) is 10.6 Å². The van der Waals surface area contributed by atoms with Gasteiger partial charge in [0.1, 0.15) is 5.82 Å². The number of ether oxygens (including phenoxy) is 2. The molecule has 0 radical (unpaired) electrons. The third-order valence-corrected chi connectivity index (χ3v) is 3.58. The van der Waals surface area contributed by atoms with E-state index in [1.165, 1.54) is 6.07 Å². The van der Waals surface area contributed by atoms with E-state index < -0.39 is 0 Å². The highest BCUT2D eigenvalue weighted by atomic mass is 19.1. The Balaban J connectivity index is 1.85. The highest BCUT2D eigenvalue weighted by Crippen LogP contribution is 2.27. The number of benzene rings is 2. The molecule has 0 aliphatic rings. The number of aryl methyl sites for hydroxylation is 1. The lowest BCUT2D eigenvalue weighted by Gasteiger charge is -2.11. The van der Waals surface area contributed by atoms with Crippen molar-refractivity contribution in [2.24, 2.45) is 0 Å². The zero-order valence-corrected chi connectivity index (χ0v) is 14.0. The number of methoxy groups -OCH3 is 2. The summed E-state index contributed by atoms with van der Waals surface area (Å²) < 4.78 is 23.9. The van der Waals surface area contributed by atoms with Crippen LogP contribution in [0, 0.1) is 12.7 Å². The summed E-state index contributed by atoms with van der Waals surface area (Å²) in [5.74, 6) is 0.959. The summed E-state index contributed by atoms with van der Waals surface area (Å²) in [6.45, 7) is 2.11.